The molecule has 1 aromatic rings. The van der Waals surface area contributed by atoms with Crippen LogP contribution >= 0.6 is 0 Å². The molecule has 68 valence electrons. The first-order valence-corrected chi connectivity index (χ1v) is 3.66. The third-order valence-corrected chi connectivity index (χ3v) is 1.40. The van der Waals surface area contributed by atoms with Gasteiger partial charge in [0, 0.05) is 0 Å². The van der Waals surface area contributed by atoms with E-state index in [-0.39, 0.29) is 5.76 Å². The predicted molar refractivity (Wildman–Crippen MR) is 41.7 cm³/mol. The van der Waals surface area contributed by atoms with Crippen molar-refractivity contribution >= 4 is 5.97 Å². The van der Waals surface area contributed by atoms with Crippen LogP contribution in [0.1, 0.15) is 23.2 Å². The Morgan fingerprint density at radius 3 is 3.00 bits per heavy atom. The maximum atomic E-state index is 11.2. The Labute approximate surface area is 74.9 Å². The number of nitriles is 1. The highest BCUT2D eigenvalue weighted by molar-refractivity contribution is 5.87. The molecule has 0 aliphatic rings. The van der Waals surface area contributed by atoms with Crippen LogP contribution in [0.3, 0.4) is 0 Å². The number of oxazole rings is 1. The summed E-state index contributed by atoms with van der Waals surface area (Å²) in [6.45, 7) is 3.10. The Morgan fingerprint density at radius 1 is 1.85 bits per heavy atom. The topological polar surface area (TPSA) is 76.1 Å². The van der Waals surface area contributed by atoms with E-state index in [2.05, 4.69) is 4.98 Å². The van der Waals surface area contributed by atoms with Gasteiger partial charge < -0.3 is 9.15 Å². The van der Waals surface area contributed by atoms with Crippen molar-refractivity contribution in [3.05, 3.63) is 17.8 Å². The quantitative estimate of drug-likeness (QED) is 0.636. The summed E-state index contributed by atoms with van der Waals surface area (Å²) in [7, 11) is 0. The van der Waals surface area contributed by atoms with Crippen LogP contribution in [0.4, 0.5) is 0 Å². The van der Waals surface area contributed by atoms with E-state index in [1.165, 1.54) is 6.92 Å². The molecule has 1 unspecified atom stereocenters. The van der Waals surface area contributed by atoms with Crippen molar-refractivity contribution in [2.45, 2.75) is 20.0 Å². The Hall–Kier alpha value is -1.83. The summed E-state index contributed by atoms with van der Waals surface area (Å²) in [6.07, 6.45) is 0.375. The fraction of sp³-hybridized carbons (Fsp3) is 0.375. The van der Waals surface area contributed by atoms with Crippen LogP contribution in [0.25, 0.3) is 0 Å². The molecule has 5 nitrogen and oxygen atoms in total. The minimum atomic E-state index is -0.781. The summed E-state index contributed by atoms with van der Waals surface area (Å²) in [6, 6.07) is 1.77. The molecule has 5 heteroatoms. The van der Waals surface area contributed by atoms with E-state index in [9.17, 15) is 4.79 Å². The Balaban J connectivity index is 2.71. The smallest absolute Gasteiger partial charge is 0.377 e. The molecule has 1 atom stereocenters. The molecule has 0 saturated heterocycles. The first-order valence-electron chi connectivity index (χ1n) is 3.66. The molecule has 0 aliphatic heterocycles. The summed E-state index contributed by atoms with van der Waals surface area (Å²) in [5.74, 6) is -0.619. The van der Waals surface area contributed by atoms with Gasteiger partial charge in [-0.2, -0.15) is 5.26 Å². The molecule has 13 heavy (non-hydrogen) atoms. The molecule has 0 aromatic carbocycles. The van der Waals surface area contributed by atoms with Gasteiger partial charge in [0.05, 0.1) is 5.69 Å². The monoisotopic (exact) mass is 180 g/mol. The minimum Gasteiger partial charge on any atom is -0.441 e. The number of rotatable bonds is 2. The largest absolute Gasteiger partial charge is 0.441 e. The van der Waals surface area contributed by atoms with Crippen LogP contribution in [0.2, 0.25) is 0 Å². The summed E-state index contributed by atoms with van der Waals surface area (Å²) in [5, 5.41) is 8.38. The van der Waals surface area contributed by atoms with Crippen molar-refractivity contribution in [1.82, 2.24) is 4.98 Å². The first kappa shape index (κ1) is 9.26. The summed E-state index contributed by atoms with van der Waals surface area (Å²) in [4.78, 5) is 14.9. The highest BCUT2D eigenvalue weighted by Gasteiger charge is 2.17. The van der Waals surface area contributed by atoms with Gasteiger partial charge in [0.1, 0.15) is 6.07 Å². The van der Waals surface area contributed by atoms with Crippen LogP contribution < -0.4 is 0 Å². The molecular weight excluding hydrogens is 172 g/mol. The van der Waals surface area contributed by atoms with Crippen LogP contribution in [0, 0.1) is 18.3 Å². The molecule has 1 aromatic heterocycles. The average Bonchev–Trinajstić information content (AvgIpc) is 2.51. The highest BCUT2D eigenvalue weighted by atomic mass is 16.6. The third kappa shape index (κ3) is 2.06. The summed E-state index contributed by atoms with van der Waals surface area (Å²) < 4.78 is 9.47. The second-order valence-corrected chi connectivity index (χ2v) is 2.44. The van der Waals surface area contributed by atoms with Crippen molar-refractivity contribution in [3.8, 4) is 6.07 Å². The molecule has 0 N–H and O–H groups in total. The molecule has 0 saturated carbocycles. The average molecular weight is 180 g/mol. The van der Waals surface area contributed by atoms with Gasteiger partial charge in [-0.1, -0.05) is 0 Å². The first-order chi connectivity index (χ1) is 6.15. The van der Waals surface area contributed by atoms with E-state index in [0.717, 1.165) is 6.39 Å². The van der Waals surface area contributed by atoms with E-state index >= 15 is 0 Å². The number of aryl methyl sites for hydroxylation is 1. The van der Waals surface area contributed by atoms with Crippen molar-refractivity contribution in [3.63, 3.8) is 0 Å². The van der Waals surface area contributed by atoms with Gasteiger partial charge in [-0.3, -0.25) is 0 Å². The van der Waals surface area contributed by atoms with E-state index < -0.39 is 12.1 Å². The maximum absolute atomic E-state index is 11.2. The van der Waals surface area contributed by atoms with Crippen molar-refractivity contribution in [2.24, 2.45) is 0 Å². The standard InChI is InChI=1S/C8H8N2O3/c1-5(3-9)13-8(11)7-6(2)10-4-12-7/h4-5H,1-2H3. The molecular formula is C8H8N2O3. The third-order valence-electron chi connectivity index (χ3n) is 1.40. The zero-order valence-corrected chi connectivity index (χ0v) is 7.27. The fourth-order valence-electron chi connectivity index (χ4n) is 0.738. The normalized spacial score (nSPS) is 11.8. The van der Waals surface area contributed by atoms with Crippen molar-refractivity contribution in [1.29, 1.82) is 5.26 Å². The lowest BCUT2D eigenvalue weighted by Gasteiger charge is -2.02. The zero-order valence-electron chi connectivity index (χ0n) is 7.27. The SMILES string of the molecule is Cc1ncoc1C(=O)OC(C)C#N. The van der Waals surface area contributed by atoms with E-state index in [1.54, 1.807) is 13.0 Å². The van der Waals surface area contributed by atoms with E-state index in [0.29, 0.717) is 5.69 Å². The van der Waals surface area contributed by atoms with Crippen LogP contribution in [0.5, 0.6) is 0 Å². The second kappa shape index (κ2) is 3.72. The lowest BCUT2D eigenvalue weighted by molar-refractivity contribution is 0.0398. The van der Waals surface area contributed by atoms with Gasteiger partial charge in [0.25, 0.3) is 0 Å². The Kier molecular flexibility index (Phi) is 2.65. The van der Waals surface area contributed by atoms with Crippen LogP contribution in [-0.2, 0) is 4.74 Å². The van der Waals surface area contributed by atoms with Gasteiger partial charge in [0.2, 0.25) is 5.76 Å². The lowest BCUT2D eigenvalue weighted by atomic mass is 10.3. The zero-order chi connectivity index (χ0) is 9.84. The molecule has 1 heterocycles. The van der Waals surface area contributed by atoms with Crippen molar-refractivity contribution < 1.29 is 13.9 Å². The van der Waals surface area contributed by atoms with E-state index in [4.69, 9.17) is 14.4 Å². The number of esters is 1. The number of aromatic nitrogens is 1. The van der Waals surface area contributed by atoms with Crippen LogP contribution in [0.15, 0.2) is 10.8 Å². The van der Waals surface area contributed by atoms with Gasteiger partial charge in [-0.05, 0) is 13.8 Å². The van der Waals surface area contributed by atoms with Gasteiger partial charge in [0.15, 0.2) is 12.5 Å². The minimum absolute atomic E-state index is 0.0436. The number of nitrogens with zero attached hydrogens (tertiary/aromatic N) is 2. The van der Waals surface area contributed by atoms with Crippen molar-refractivity contribution in [2.75, 3.05) is 0 Å². The van der Waals surface area contributed by atoms with Gasteiger partial charge in [-0.15, -0.1) is 0 Å². The predicted octanol–water partition coefficient (Wildman–Crippen LogP) is 1.05. The molecule has 0 aliphatic carbocycles. The molecule has 0 radical (unpaired) electrons. The maximum Gasteiger partial charge on any atom is 0.377 e. The Morgan fingerprint density at radius 2 is 2.54 bits per heavy atom. The summed E-state index contributed by atoms with van der Waals surface area (Å²) in [5.41, 5.74) is 0.454. The number of hydrogen-bond acceptors (Lipinski definition) is 5. The molecule has 0 amide bonds. The number of hydrogen-bond donors (Lipinski definition) is 0. The highest BCUT2D eigenvalue weighted by Crippen LogP contribution is 2.07. The molecule has 0 spiro atoms. The van der Waals surface area contributed by atoms with Crippen LogP contribution in [-0.4, -0.2) is 17.1 Å². The fourth-order valence-corrected chi connectivity index (χ4v) is 0.738. The Bertz CT molecular complexity index is 351. The lowest BCUT2D eigenvalue weighted by Crippen LogP contribution is -2.13. The molecule has 0 bridgehead atoms. The van der Waals surface area contributed by atoms with E-state index in [1.807, 2.05) is 0 Å². The molecule has 1 rings (SSSR count). The number of carbonyl (C=O) groups is 1. The van der Waals surface area contributed by atoms with Gasteiger partial charge in [-0.25, -0.2) is 9.78 Å². The number of carbonyl (C=O) groups excluding carboxylic acids is 1. The van der Waals surface area contributed by atoms with Gasteiger partial charge >= 0.3 is 5.97 Å². The second-order valence-electron chi connectivity index (χ2n) is 2.44. The molecule has 0 fully saturated rings. The number of ether oxygens (including phenoxy) is 1. The summed E-state index contributed by atoms with van der Waals surface area (Å²) >= 11 is 0.